The second-order valence-electron chi connectivity index (χ2n) is 9.22. The Kier molecular flexibility index (Phi) is 8.55. The quantitative estimate of drug-likeness (QED) is 0.173. The lowest BCUT2D eigenvalue weighted by atomic mass is 9.98. The molecule has 0 aliphatic carbocycles. The van der Waals surface area contributed by atoms with Crippen LogP contribution in [0.25, 0.3) is 0 Å². The van der Waals surface area contributed by atoms with Crippen molar-refractivity contribution >= 4 is 23.0 Å². The van der Waals surface area contributed by atoms with Crippen molar-refractivity contribution in [1.29, 1.82) is 0 Å². The van der Waals surface area contributed by atoms with Gasteiger partial charge in [-0.3, -0.25) is 35.1 Å². The number of esters is 1. The van der Waals surface area contributed by atoms with E-state index in [4.69, 9.17) is 9.84 Å². The van der Waals surface area contributed by atoms with Gasteiger partial charge in [-0.05, 0) is 5.56 Å². The molecule has 2 heterocycles. The lowest BCUT2D eigenvalue weighted by molar-refractivity contribution is -0.903. The van der Waals surface area contributed by atoms with Crippen LogP contribution in [0.2, 0.25) is 0 Å². The molecule has 3 unspecified atom stereocenters. The molecule has 15 heteroatoms. The Morgan fingerprint density at radius 3 is 1.92 bits per heavy atom. The molecule has 4 rings (SSSR count). The van der Waals surface area contributed by atoms with Crippen LogP contribution in [0.5, 0.6) is 5.75 Å². The molecule has 2 aromatic rings. The largest absolute Gasteiger partial charge is 0.633 e. The fourth-order valence-corrected chi connectivity index (χ4v) is 4.87. The fraction of sp³-hybridized carbons (Fsp3) is 0.435. The van der Waals surface area contributed by atoms with E-state index in [0.717, 1.165) is 18.4 Å². The summed E-state index contributed by atoms with van der Waals surface area (Å²) >= 11 is 0. The molecule has 2 aliphatic heterocycles. The summed E-state index contributed by atoms with van der Waals surface area (Å²) < 4.78 is 5.44. The number of hydrogen-bond donors (Lipinski definition) is 2. The number of aliphatic hydroxyl groups is 1. The van der Waals surface area contributed by atoms with Crippen LogP contribution in [0.15, 0.2) is 42.5 Å². The first-order chi connectivity index (χ1) is 17.9. The van der Waals surface area contributed by atoms with Crippen molar-refractivity contribution < 1.29 is 39.2 Å². The van der Waals surface area contributed by atoms with Crippen molar-refractivity contribution in [1.82, 2.24) is 0 Å². The summed E-state index contributed by atoms with van der Waals surface area (Å²) in [6.07, 6.45) is 2.91. The molecule has 0 aromatic heterocycles. The normalized spacial score (nSPS) is 24.4. The highest BCUT2D eigenvalue weighted by molar-refractivity contribution is 5.78. The lowest BCUT2D eigenvalue weighted by Crippen LogP contribution is -2.55. The van der Waals surface area contributed by atoms with E-state index in [9.17, 15) is 45.5 Å². The van der Waals surface area contributed by atoms with Gasteiger partial charge in [0.1, 0.15) is 12.0 Å². The van der Waals surface area contributed by atoms with Crippen LogP contribution in [-0.2, 0) is 9.53 Å². The number of hydrogen-bond acceptors (Lipinski definition) is 11. The van der Waals surface area contributed by atoms with Crippen LogP contribution < -0.4 is 0 Å². The number of nitro groups is 3. The molecule has 0 amide bonds. The predicted molar refractivity (Wildman–Crippen MR) is 130 cm³/mol. The van der Waals surface area contributed by atoms with Crippen molar-refractivity contribution in [2.24, 2.45) is 0 Å². The number of carbonyl (C=O) groups is 1. The van der Waals surface area contributed by atoms with Gasteiger partial charge in [0.05, 0.1) is 52.6 Å². The third kappa shape index (κ3) is 6.01. The summed E-state index contributed by atoms with van der Waals surface area (Å²) in [5, 5.41) is 62.2. The molecule has 2 saturated heterocycles. The van der Waals surface area contributed by atoms with Gasteiger partial charge in [-0.2, -0.15) is 0 Å². The second-order valence-corrected chi connectivity index (χ2v) is 9.22. The van der Waals surface area contributed by atoms with Crippen LogP contribution in [0, 0.1) is 35.6 Å². The van der Waals surface area contributed by atoms with Gasteiger partial charge in [0.25, 0.3) is 11.4 Å². The third-order valence-electron chi connectivity index (χ3n) is 6.96. The third-order valence-corrected chi connectivity index (χ3v) is 6.96. The van der Waals surface area contributed by atoms with Crippen molar-refractivity contribution in [2.75, 3.05) is 13.7 Å². The molecule has 3 atom stereocenters. The van der Waals surface area contributed by atoms with Gasteiger partial charge < -0.3 is 24.8 Å². The van der Waals surface area contributed by atoms with E-state index < -0.39 is 43.5 Å². The summed E-state index contributed by atoms with van der Waals surface area (Å²) in [6, 6.07) is 10.2. The molecule has 0 spiro atoms. The van der Waals surface area contributed by atoms with Gasteiger partial charge in [0.15, 0.2) is 0 Å². The maximum Gasteiger partial charge on any atom is 0.324 e. The molecule has 2 aliphatic rings. The predicted octanol–water partition coefficient (Wildman–Crippen LogP) is 3.06. The Morgan fingerprint density at radius 1 is 1.00 bits per heavy atom. The summed E-state index contributed by atoms with van der Waals surface area (Å²) in [4.78, 5) is 40.1. The molecular formula is C23H26N4O11. The number of phenols is 1. The van der Waals surface area contributed by atoms with E-state index in [2.05, 4.69) is 0 Å². The number of carbonyl (C=O) groups excluding carboxylic acids is 1. The monoisotopic (exact) mass is 534 g/mol. The number of non-ortho nitro benzene ring substituents is 1. The van der Waals surface area contributed by atoms with Gasteiger partial charge in [-0.1, -0.05) is 30.3 Å². The minimum absolute atomic E-state index is 0.0425. The molecule has 2 N–H and O–H groups in total. The maximum absolute atomic E-state index is 12.4. The first-order valence-electron chi connectivity index (χ1n) is 11.6. The number of rotatable bonds is 7. The van der Waals surface area contributed by atoms with Crippen LogP contribution in [0.4, 0.5) is 17.1 Å². The zero-order valence-corrected chi connectivity index (χ0v) is 20.2. The number of aliphatic hydroxyl groups excluding tert-OH is 1. The summed E-state index contributed by atoms with van der Waals surface area (Å²) in [7, 11) is 1.74. The van der Waals surface area contributed by atoms with E-state index >= 15 is 0 Å². The number of fused-ring (bicyclic) bond motifs is 2. The average molecular weight is 534 g/mol. The minimum Gasteiger partial charge on any atom is -0.633 e. The van der Waals surface area contributed by atoms with Crippen LogP contribution in [-0.4, -0.2) is 67.4 Å². The maximum atomic E-state index is 12.4. The second kappa shape index (κ2) is 11.5. The molecule has 2 aromatic carbocycles. The number of nitro benzene ring substituents is 3. The number of benzene rings is 2. The number of aromatic hydroxyl groups is 1. The molecular weight excluding hydrogens is 508 g/mol. The molecule has 15 nitrogen and oxygen atoms in total. The van der Waals surface area contributed by atoms with Crippen molar-refractivity contribution in [2.45, 2.75) is 49.8 Å². The standard InChI is InChI=1S/C17H23NO4.C6H3N3O7/c1-18(21)13-7-8-14(18)10-15(9-13)22-17(20)16(11-19)12-5-3-2-4-6-12;10-6-4(8(13)14)1-3(7(11)12)2-5(6)9(15)16/h2-6,13-16,19H,7-11H2,1H3;1-2,10H. The minimum atomic E-state index is -1.21. The molecule has 0 radical (unpaired) electrons. The SMILES string of the molecule is C[N+]1([O-])C2CCC1CC(OC(=O)C(CO)c1ccccc1)C2.O=[N+]([O-])c1cc([N+](=O)[O-])c(O)c([N+](=O)[O-])c1. The topological polar surface area (TPSA) is 219 Å². The van der Waals surface area contributed by atoms with Gasteiger partial charge in [-0.25, -0.2) is 0 Å². The highest BCUT2D eigenvalue weighted by atomic mass is 16.6. The fourth-order valence-electron chi connectivity index (χ4n) is 4.87. The number of nitrogens with zero attached hydrogens (tertiary/aromatic N) is 4. The lowest BCUT2D eigenvalue weighted by Gasteiger charge is -2.50. The summed E-state index contributed by atoms with van der Waals surface area (Å²) in [5.74, 6) is -2.24. The number of hydroxylamine groups is 3. The summed E-state index contributed by atoms with van der Waals surface area (Å²) in [5.41, 5.74) is -2.24. The van der Waals surface area contributed by atoms with Crippen molar-refractivity contribution in [3.05, 3.63) is 83.6 Å². The van der Waals surface area contributed by atoms with Gasteiger partial charge >= 0.3 is 17.3 Å². The Bertz CT molecular complexity index is 1170. The number of ether oxygens (including phenoxy) is 1. The Hall–Kier alpha value is -4.21. The highest BCUT2D eigenvalue weighted by Gasteiger charge is 2.48. The molecule has 2 fully saturated rings. The van der Waals surface area contributed by atoms with E-state index in [1.807, 2.05) is 30.3 Å². The smallest absolute Gasteiger partial charge is 0.324 e. The van der Waals surface area contributed by atoms with Crippen LogP contribution >= 0.6 is 0 Å². The molecule has 38 heavy (non-hydrogen) atoms. The summed E-state index contributed by atoms with van der Waals surface area (Å²) in [6.45, 7) is -0.266. The Labute approximate surface area is 215 Å². The Balaban J connectivity index is 0.000000223. The van der Waals surface area contributed by atoms with Crippen LogP contribution in [0.1, 0.15) is 37.2 Å². The van der Waals surface area contributed by atoms with Gasteiger partial charge in [-0.15, -0.1) is 0 Å². The number of quaternary nitrogens is 1. The molecule has 0 saturated carbocycles. The zero-order chi connectivity index (χ0) is 28.2. The first kappa shape index (κ1) is 28.4. The number of piperidine rings is 1. The Morgan fingerprint density at radius 2 is 1.50 bits per heavy atom. The van der Waals surface area contributed by atoms with E-state index in [1.54, 1.807) is 7.05 Å². The van der Waals surface area contributed by atoms with Crippen LogP contribution in [0.3, 0.4) is 0 Å². The van der Waals surface area contributed by atoms with E-state index in [1.165, 1.54) is 0 Å². The highest BCUT2D eigenvalue weighted by Crippen LogP contribution is 2.41. The van der Waals surface area contributed by atoms with Gasteiger partial charge in [0.2, 0.25) is 0 Å². The van der Waals surface area contributed by atoms with Crippen molar-refractivity contribution in [3.8, 4) is 5.75 Å². The van der Waals surface area contributed by atoms with E-state index in [-0.39, 0.29) is 35.4 Å². The zero-order valence-electron chi connectivity index (χ0n) is 20.2. The number of phenolic OH excluding ortho intramolecular Hbond substituents is 1. The van der Waals surface area contributed by atoms with Gasteiger partial charge in [0, 0.05) is 25.7 Å². The molecule has 2 bridgehead atoms. The van der Waals surface area contributed by atoms with Crippen molar-refractivity contribution in [3.63, 3.8) is 0 Å². The average Bonchev–Trinajstić information content (AvgIpc) is 3.00. The molecule has 204 valence electrons. The first-order valence-corrected chi connectivity index (χ1v) is 11.6. The van der Waals surface area contributed by atoms with E-state index in [0.29, 0.717) is 25.0 Å².